The van der Waals surface area contributed by atoms with Crippen LogP contribution in [0.25, 0.3) is 17.1 Å². The Morgan fingerprint density at radius 3 is 2.68 bits per heavy atom. The molecule has 0 aliphatic carbocycles. The molecule has 0 unspecified atom stereocenters. The summed E-state index contributed by atoms with van der Waals surface area (Å²) in [5, 5.41) is 17.4. The van der Waals surface area contributed by atoms with Crippen molar-refractivity contribution in [2.75, 3.05) is 6.61 Å². The highest BCUT2D eigenvalue weighted by Gasteiger charge is 2.13. The second-order valence-corrected chi connectivity index (χ2v) is 6.41. The van der Waals surface area contributed by atoms with Gasteiger partial charge in [-0.2, -0.15) is 15.5 Å². The predicted octanol–water partition coefficient (Wildman–Crippen LogP) is 3.53. The standard InChI is InChI=1S/C23H17N5O3/c24-13-17-8-10-20(11-9-17)31-16-22(29)26-25-14-18-15-28(19-5-2-1-3-6-19)27-23(18)21-7-4-12-30-21/h1-12,14-15H,16H2,(H,26,29)/b25-14-. The average Bonchev–Trinajstić information content (AvgIpc) is 3.49. The largest absolute Gasteiger partial charge is 0.484 e. The number of aromatic nitrogens is 2. The highest BCUT2D eigenvalue weighted by molar-refractivity contribution is 5.88. The molecule has 0 spiro atoms. The molecule has 1 amide bonds. The first-order chi connectivity index (χ1) is 15.2. The van der Waals surface area contributed by atoms with Gasteiger partial charge in [-0.05, 0) is 48.5 Å². The van der Waals surface area contributed by atoms with E-state index < -0.39 is 5.91 Å². The van der Waals surface area contributed by atoms with Crippen LogP contribution in [0.4, 0.5) is 0 Å². The van der Waals surface area contributed by atoms with E-state index in [4.69, 9.17) is 14.4 Å². The van der Waals surface area contributed by atoms with E-state index in [1.54, 1.807) is 53.5 Å². The molecular weight excluding hydrogens is 394 g/mol. The van der Waals surface area contributed by atoms with Gasteiger partial charge in [0, 0.05) is 11.8 Å². The minimum atomic E-state index is -0.421. The fourth-order valence-corrected chi connectivity index (χ4v) is 2.78. The Hall–Kier alpha value is -4.64. The lowest BCUT2D eigenvalue weighted by molar-refractivity contribution is -0.123. The predicted molar refractivity (Wildman–Crippen MR) is 114 cm³/mol. The zero-order chi connectivity index (χ0) is 21.5. The number of amides is 1. The Morgan fingerprint density at radius 2 is 1.97 bits per heavy atom. The Labute approximate surface area is 178 Å². The lowest BCUT2D eigenvalue weighted by Crippen LogP contribution is -2.24. The van der Waals surface area contributed by atoms with Gasteiger partial charge in [0.2, 0.25) is 0 Å². The molecule has 0 fully saturated rings. The van der Waals surface area contributed by atoms with Crippen LogP contribution >= 0.6 is 0 Å². The van der Waals surface area contributed by atoms with E-state index in [0.29, 0.717) is 28.3 Å². The number of nitrogens with zero attached hydrogens (tertiary/aromatic N) is 4. The van der Waals surface area contributed by atoms with Gasteiger partial charge in [0.05, 0.1) is 29.8 Å². The fourth-order valence-electron chi connectivity index (χ4n) is 2.78. The molecule has 0 aliphatic heterocycles. The molecule has 0 saturated carbocycles. The highest BCUT2D eigenvalue weighted by Crippen LogP contribution is 2.23. The van der Waals surface area contributed by atoms with Crippen molar-refractivity contribution in [1.82, 2.24) is 15.2 Å². The van der Waals surface area contributed by atoms with Crippen LogP contribution in [0.5, 0.6) is 5.75 Å². The summed E-state index contributed by atoms with van der Waals surface area (Å²) in [4.78, 5) is 12.0. The molecule has 152 valence electrons. The van der Waals surface area contributed by atoms with E-state index in [0.717, 1.165) is 5.69 Å². The zero-order valence-corrected chi connectivity index (χ0v) is 16.3. The van der Waals surface area contributed by atoms with E-state index in [1.807, 2.05) is 36.4 Å². The first-order valence-electron chi connectivity index (χ1n) is 9.37. The molecule has 0 bridgehead atoms. The van der Waals surface area contributed by atoms with Crippen molar-refractivity contribution in [3.8, 4) is 29.0 Å². The van der Waals surface area contributed by atoms with Gasteiger partial charge in [-0.3, -0.25) is 4.79 Å². The lowest BCUT2D eigenvalue weighted by atomic mass is 10.2. The lowest BCUT2D eigenvalue weighted by Gasteiger charge is -2.04. The number of benzene rings is 2. The van der Waals surface area contributed by atoms with Crippen LogP contribution in [-0.2, 0) is 4.79 Å². The SMILES string of the molecule is N#Cc1ccc(OCC(=O)N/N=C\c2cn(-c3ccccc3)nc2-c2ccco2)cc1. The van der Waals surface area contributed by atoms with Crippen molar-refractivity contribution in [2.24, 2.45) is 5.10 Å². The van der Waals surface area contributed by atoms with Gasteiger partial charge in [-0.15, -0.1) is 0 Å². The number of nitrogens with one attached hydrogen (secondary N) is 1. The van der Waals surface area contributed by atoms with Crippen LogP contribution in [0.2, 0.25) is 0 Å². The fraction of sp³-hybridized carbons (Fsp3) is 0.0435. The topological polar surface area (TPSA) is 105 Å². The number of hydrogen-bond donors (Lipinski definition) is 1. The van der Waals surface area contributed by atoms with Crippen molar-refractivity contribution < 1.29 is 13.9 Å². The Bertz CT molecular complexity index is 1220. The Balaban J connectivity index is 1.43. The summed E-state index contributed by atoms with van der Waals surface area (Å²) in [6.45, 7) is -0.211. The second kappa shape index (κ2) is 9.24. The quantitative estimate of drug-likeness (QED) is 0.370. The van der Waals surface area contributed by atoms with Crippen molar-refractivity contribution in [3.63, 3.8) is 0 Å². The molecule has 0 aliphatic rings. The van der Waals surface area contributed by atoms with Crippen molar-refractivity contribution in [1.29, 1.82) is 5.26 Å². The number of hydrazone groups is 1. The number of carbonyl (C=O) groups excluding carboxylic acids is 1. The molecule has 2 aromatic heterocycles. The first-order valence-corrected chi connectivity index (χ1v) is 9.37. The molecule has 0 radical (unpaired) electrons. The van der Waals surface area contributed by atoms with E-state index in [9.17, 15) is 4.79 Å². The minimum Gasteiger partial charge on any atom is -0.484 e. The summed E-state index contributed by atoms with van der Waals surface area (Å²) in [5.41, 5.74) is 5.10. The summed E-state index contributed by atoms with van der Waals surface area (Å²) in [5.74, 6) is 0.657. The van der Waals surface area contributed by atoms with E-state index in [1.165, 1.54) is 6.21 Å². The molecule has 8 heteroatoms. The van der Waals surface area contributed by atoms with Crippen LogP contribution in [0, 0.1) is 11.3 Å². The molecule has 31 heavy (non-hydrogen) atoms. The smallest absolute Gasteiger partial charge is 0.277 e. The molecule has 4 rings (SSSR count). The number of furan rings is 1. The molecule has 8 nitrogen and oxygen atoms in total. The van der Waals surface area contributed by atoms with Gasteiger partial charge in [-0.25, -0.2) is 10.1 Å². The van der Waals surface area contributed by atoms with Crippen LogP contribution in [-0.4, -0.2) is 28.5 Å². The van der Waals surface area contributed by atoms with Gasteiger partial charge in [0.1, 0.15) is 11.4 Å². The maximum absolute atomic E-state index is 12.0. The summed E-state index contributed by atoms with van der Waals surface area (Å²) in [6, 6.07) is 21.7. The maximum Gasteiger partial charge on any atom is 0.277 e. The minimum absolute atomic E-state index is 0.211. The van der Waals surface area contributed by atoms with Crippen LogP contribution in [0.1, 0.15) is 11.1 Å². The molecule has 0 atom stereocenters. The molecule has 4 aromatic rings. The average molecular weight is 411 g/mol. The molecular formula is C23H17N5O3. The summed E-state index contributed by atoms with van der Waals surface area (Å²) in [7, 11) is 0. The van der Waals surface area contributed by atoms with Gasteiger partial charge in [-0.1, -0.05) is 18.2 Å². The van der Waals surface area contributed by atoms with Gasteiger partial charge < -0.3 is 9.15 Å². The number of rotatable bonds is 7. The summed E-state index contributed by atoms with van der Waals surface area (Å²) >= 11 is 0. The van der Waals surface area contributed by atoms with E-state index >= 15 is 0 Å². The van der Waals surface area contributed by atoms with Crippen LogP contribution in [0.3, 0.4) is 0 Å². The third-order valence-corrected chi connectivity index (χ3v) is 4.26. The van der Waals surface area contributed by atoms with E-state index in [-0.39, 0.29) is 6.61 Å². The number of para-hydroxylation sites is 1. The van der Waals surface area contributed by atoms with Crippen molar-refractivity contribution >= 4 is 12.1 Å². The van der Waals surface area contributed by atoms with Crippen LogP contribution in [0.15, 0.2) is 88.7 Å². The third kappa shape index (κ3) is 4.86. The number of ether oxygens (including phenoxy) is 1. The van der Waals surface area contributed by atoms with Crippen LogP contribution < -0.4 is 10.2 Å². The normalized spacial score (nSPS) is 10.7. The number of carbonyl (C=O) groups is 1. The number of hydrogen-bond acceptors (Lipinski definition) is 6. The van der Waals surface area contributed by atoms with Gasteiger partial charge in [0.15, 0.2) is 12.4 Å². The second-order valence-electron chi connectivity index (χ2n) is 6.41. The van der Waals surface area contributed by atoms with Crippen molar-refractivity contribution in [2.45, 2.75) is 0 Å². The summed E-state index contributed by atoms with van der Waals surface area (Å²) < 4.78 is 12.6. The van der Waals surface area contributed by atoms with Gasteiger partial charge in [0.25, 0.3) is 5.91 Å². The van der Waals surface area contributed by atoms with Gasteiger partial charge >= 0.3 is 0 Å². The highest BCUT2D eigenvalue weighted by atomic mass is 16.5. The number of nitriles is 1. The first kappa shape index (κ1) is 19.7. The monoisotopic (exact) mass is 411 g/mol. The Kier molecular flexibility index (Phi) is 5.86. The zero-order valence-electron chi connectivity index (χ0n) is 16.3. The summed E-state index contributed by atoms with van der Waals surface area (Å²) in [6.07, 6.45) is 4.88. The molecule has 2 heterocycles. The molecule has 0 saturated heterocycles. The van der Waals surface area contributed by atoms with E-state index in [2.05, 4.69) is 15.6 Å². The molecule has 1 N–H and O–H groups in total. The maximum atomic E-state index is 12.0. The Morgan fingerprint density at radius 1 is 1.16 bits per heavy atom. The third-order valence-electron chi connectivity index (χ3n) is 4.26. The molecule has 2 aromatic carbocycles. The van der Waals surface area contributed by atoms with Crippen molar-refractivity contribution in [3.05, 3.63) is 90.3 Å².